The molecule has 2 rings (SSSR count). The van der Waals surface area contributed by atoms with Gasteiger partial charge in [-0.1, -0.05) is 11.6 Å². The molecule has 1 N–H and O–H groups in total. The van der Waals surface area contributed by atoms with Crippen LogP contribution < -0.4 is 10.1 Å². The predicted molar refractivity (Wildman–Crippen MR) is 95.5 cm³/mol. The maximum atomic E-state index is 12.0. The molecule has 0 aliphatic heterocycles. The van der Waals surface area contributed by atoms with Crippen LogP contribution in [-0.4, -0.2) is 48.4 Å². The Kier molecular flexibility index (Phi) is 7.22. The number of nitrogens with one attached hydrogen (secondary N) is 1. The summed E-state index contributed by atoms with van der Waals surface area (Å²) in [6, 6.07) is 10.5. The molecule has 0 aliphatic rings. The minimum Gasteiger partial charge on any atom is -0.484 e. The smallest absolute Gasteiger partial charge is 0.258 e. The summed E-state index contributed by atoms with van der Waals surface area (Å²) in [5.74, 6) is 0.0279. The molecule has 132 valence electrons. The van der Waals surface area contributed by atoms with Crippen LogP contribution in [0.1, 0.15) is 5.56 Å². The average Bonchev–Trinajstić information content (AvgIpc) is 2.64. The van der Waals surface area contributed by atoms with Crippen molar-refractivity contribution in [2.75, 3.05) is 26.7 Å². The topological polar surface area (TPSA) is 71.5 Å². The van der Waals surface area contributed by atoms with Crippen LogP contribution in [0.15, 0.2) is 48.8 Å². The molecule has 0 unspecified atom stereocenters. The second-order valence-electron chi connectivity index (χ2n) is 5.44. The van der Waals surface area contributed by atoms with Gasteiger partial charge in [-0.15, -0.1) is 0 Å². The van der Waals surface area contributed by atoms with Gasteiger partial charge < -0.3 is 15.0 Å². The molecule has 0 radical (unpaired) electrons. The Labute approximate surface area is 151 Å². The SMILES string of the molecule is CN(CCc1ccncc1)C(=O)CNC(=O)COc1ccc(Cl)cc1. The summed E-state index contributed by atoms with van der Waals surface area (Å²) >= 11 is 5.77. The van der Waals surface area contributed by atoms with E-state index >= 15 is 0 Å². The standard InChI is InChI=1S/C18H20ClN3O3/c1-22(11-8-14-6-9-20-10-7-14)18(24)12-21-17(23)13-25-16-4-2-15(19)3-5-16/h2-7,9-10H,8,11-13H2,1H3,(H,21,23). The molecule has 0 saturated carbocycles. The number of rotatable bonds is 8. The summed E-state index contributed by atoms with van der Waals surface area (Å²) in [6.45, 7) is 0.352. The number of nitrogens with zero attached hydrogens (tertiary/aromatic N) is 2. The molecule has 0 fully saturated rings. The van der Waals surface area contributed by atoms with Crippen LogP contribution in [0.2, 0.25) is 5.02 Å². The van der Waals surface area contributed by atoms with Crippen molar-refractivity contribution in [2.45, 2.75) is 6.42 Å². The van der Waals surface area contributed by atoms with Crippen molar-refractivity contribution in [1.82, 2.24) is 15.2 Å². The van der Waals surface area contributed by atoms with Gasteiger partial charge in [0, 0.05) is 31.0 Å². The Morgan fingerprint density at radius 2 is 1.84 bits per heavy atom. The lowest BCUT2D eigenvalue weighted by atomic mass is 10.2. The number of pyridine rings is 1. The molecule has 1 aromatic heterocycles. The Balaban J connectivity index is 1.66. The highest BCUT2D eigenvalue weighted by Gasteiger charge is 2.11. The molecule has 2 amide bonds. The van der Waals surface area contributed by atoms with Gasteiger partial charge in [-0.2, -0.15) is 0 Å². The van der Waals surface area contributed by atoms with Crippen LogP contribution in [0.5, 0.6) is 5.75 Å². The maximum absolute atomic E-state index is 12.0. The van der Waals surface area contributed by atoms with Crippen LogP contribution in [0.4, 0.5) is 0 Å². The lowest BCUT2D eigenvalue weighted by Crippen LogP contribution is -2.40. The molecule has 0 aliphatic carbocycles. The van der Waals surface area contributed by atoms with Crippen molar-refractivity contribution < 1.29 is 14.3 Å². The molecule has 0 saturated heterocycles. The van der Waals surface area contributed by atoms with Gasteiger partial charge in [-0.25, -0.2) is 0 Å². The van der Waals surface area contributed by atoms with Crippen molar-refractivity contribution >= 4 is 23.4 Å². The third-order valence-electron chi connectivity index (χ3n) is 3.53. The Hall–Kier alpha value is -2.60. The van der Waals surface area contributed by atoms with E-state index in [0.29, 0.717) is 17.3 Å². The maximum Gasteiger partial charge on any atom is 0.258 e. The van der Waals surface area contributed by atoms with E-state index in [1.54, 1.807) is 48.6 Å². The Bertz CT molecular complexity index is 692. The van der Waals surface area contributed by atoms with Crippen molar-refractivity contribution in [3.8, 4) is 5.75 Å². The summed E-state index contributed by atoms with van der Waals surface area (Å²) in [4.78, 5) is 29.3. The molecule has 0 spiro atoms. The normalized spacial score (nSPS) is 10.2. The van der Waals surface area contributed by atoms with Gasteiger partial charge >= 0.3 is 0 Å². The largest absolute Gasteiger partial charge is 0.484 e. The number of ether oxygens (including phenoxy) is 1. The molecular formula is C18H20ClN3O3. The average molecular weight is 362 g/mol. The fraction of sp³-hybridized carbons (Fsp3) is 0.278. The van der Waals surface area contributed by atoms with E-state index < -0.39 is 0 Å². The minimum absolute atomic E-state index is 0.0599. The zero-order valence-electron chi connectivity index (χ0n) is 13.9. The zero-order valence-corrected chi connectivity index (χ0v) is 14.7. The summed E-state index contributed by atoms with van der Waals surface area (Å²) < 4.78 is 5.32. The first-order chi connectivity index (χ1) is 12.0. The molecule has 1 heterocycles. The second kappa shape index (κ2) is 9.64. The highest BCUT2D eigenvalue weighted by Crippen LogP contribution is 2.15. The lowest BCUT2D eigenvalue weighted by Gasteiger charge is -2.17. The summed E-state index contributed by atoms with van der Waals surface area (Å²) in [7, 11) is 1.71. The van der Waals surface area contributed by atoms with Crippen LogP contribution in [0.3, 0.4) is 0 Å². The van der Waals surface area contributed by atoms with Gasteiger partial charge in [0.2, 0.25) is 5.91 Å². The molecule has 25 heavy (non-hydrogen) atoms. The third-order valence-corrected chi connectivity index (χ3v) is 3.78. The van der Waals surface area contributed by atoms with Crippen molar-refractivity contribution in [1.29, 1.82) is 0 Å². The first-order valence-electron chi connectivity index (χ1n) is 7.82. The number of halogens is 1. The number of likely N-dealkylation sites (N-methyl/N-ethyl adjacent to an activating group) is 1. The van der Waals surface area contributed by atoms with E-state index in [2.05, 4.69) is 10.3 Å². The van der Waals surface area contributed by atoms with E-state index in [-0.39, 0.29) is 25.0 Å². The molecule has 6 nitrogen and oxygen atoms in total. The fourth-order valence-electron chi connectivity index (χ4n) is 2.01. The van der Waals surface area contributed by atoms with Crippen LogP contribution >= 0.6 is 11.6 Å². The van der Waals surface area contributed by atoms with E-state index in [1.807, 2.05) is 12.1 Å². The fourth-order valence-corrected chi connectivity index (χ4v) is 2.14. The minimum atomic E-state index is -0.356. The second-order valence-corrected chi connectivity index (χ2v) is 5.88. The Morgan fingerprint density at radius 1 is 1.16 bits per heavy atom. The third kappa shape index (κ3) is 6.81. The zero-order chi connectivity index (χ0) is 18.1. The number of hydrogen-bond donors (Lipinski definition) is 1. The number of benzene rings is 1. The summed E-state index contributed by atoms with van der Waals surface area (Å²) in [5, 5.41) is 3.15. The van der Waals surface area contributed by atoms with Gasteiger partial charge in [0.05, 0.1) is 6.54 Å². The van der Waals surface area contributed by atoms with Crippen molar-refractivity contribution in [2.24, 2.45) is 0 Å². The molecule has 0 bridgehead atoms. The Morgan fingerprint density at radius 3 is 2.52 bits per heavy atom. The van der Waals surface area contributed by atoms with Gasteiger partial charge in [-0.3, -0.25) is 14.6 Å². The van der Waals surface area contributed by atoms with Gasteiger partial charge in [-0.05, 0) is 48.4 Å². The van der Waals surface area contributed by atoms with Crippen LogP contribution in [-0.2, 0) is 16.0 Å². The summed E-state index contributed by atoms with van der Waals surface area (Å²) in [5.41, 5.74) is 1.11. The highest BCUT2D eigenvalue weighted by molar-refractivity contribution is 6.30. The van der Waals surface area contributed by atoms with Gasteiger partial charge in [0.15, 0.2) is 6.61 Å². The van der Waals surface area contributed by atoms with Crippen molar-refractivity contribution in [3.05, 3.63) is 59.4 Å². The highest BCUT2D eigenvalue weighted by atomic mass is 35.5. The van der Waals surface area contributed by atoms with E-state index in [1.165, 1.54) is 0 Å². The van der Waals surface area contributed by atoms with E-state index in [4.69, 9.17) is 16.3 Å². The number of aromatic nitrogens is 1. The van der Waals surface area contributed by atoms with Crippen LogP contribution in [0.25, 0.3) is 0 Å². The quantitative estimate of drug-likeness (QED) is 0.780. The lowest BCUT2D eigenvalue weighted by molar-refractivity contribution is -0.132. The molecular weight excluding hydrogens is 342 g/mol. The molecule has 1 aromatic carbocycles. The number of amides is 2. The van der Waals surface area contributed by atoms with E-state index in [9.17, 15) is 9.59 Å². The van der Waals surface area contributed by atoms with Crippen molar-refractivity contribution in [3.63, 3.8) is 0 Å². The number of carbonyl (C=O) groups excluding carboxylic acids is 2. The summed E-state index contributed by atoms with van der Waals surface area (Å²) in [6.07, 6.45) is 4.18. The molecule has 7 heteroatoms. The first-order valence-corrected chi connectivity index (χ1v) is 8.20. The van der Waals surface area contributed by atoms with Gasteiger partial charge in [0.1, 0.15) is 5.75 Å². The van der Waals surface area contributed by atoms with Crippen LogP contribution in [0, 0.1) is 0 Å². The number of hydrogen-bond acceptors (Lipinski definition) is 4. The number of carbonyl (C=O) groups is 2. The predicted octanol–water partition coefficient (Wildman–Crippen LogP) is 1.93. The monoisotopic (exact) mass is 361 g/mol. The molecule has 0 atom stereocenters. The van der Waals surface area contributed by atoms with Gasteiger partial charge in [0.25, 0.3) is 5.91 Å². The first kappa shape index (κ1) is 18.7. The van der Waals surface area contributed by atoms with E-state index in [0.717, 1.165) is 12.0 Å². The molecule has 2 aromatic rings.